The molecule has 4 N–H and O–H groups in total. The van der Waals surface area contributed by atoms with E-state index in [9.17, 15) is 9.18 Å². The number of likely N-dealkylation sites (N-methyl/N-ethyl adjacent to an activating group) is 1. The van der Waals surface area contributed by atoms with Crippen molar-refractivity contribution in [2.75, 3.05) is 20.2 Å². The Balaban J connectivity index is 2.86. The van der Waals surface area contributed by atoms with E-state index in [0.29, 0.717) is 24.2 Å². The lowest BCUT2D eigenvalue weighted by Crippen LogP contribution is -2.30. The number of amides is 1. The minimum atomic E-state index is -0.462. The van der Waals surface area contributed by atoms with Crippen molar-refractivity contribution in [1.82, 2.24) is 10.3 Å². The molecule has 1 rings (SSSR count). The van der Waals surface area contributed by atoms with Gasteiger partial charge in [-0.05, 0) is 25.2 Å². The minimum absolute atomic E-state index is 0.00109. The maximum absolute atomic E-state index is 13.5. The average Bonchev–Trinajstić information content (AvgIpc) is 2.31. The molecule has 6 heteroatoms. The fourth-order valence-corrected chi connectivity index (χ4v) is 1.46. The van der Waals surface area contributed by atoms with Crippen LogP contribution in [0.4, 0.5) is 4.39 Å². The van der Waals surface area contributed by atoms with Gasteiger partial charge in [-0.1, -0.05) is 0 Å². The molecule has 0 aromatic heterocycles. The van der Waals surface area contributed by atoms with E-state index in [1.54, 1.807) is 11.9 Å². The summed E-state index contributed by atoms with van der Waals surface area (Å²) in [7, 11) is 1.76. The Morgan fingerprint density at radius 2 is 2.29 bits per heavy atom. The third kappa shape index (κ3) is 3.77. The summed E-state index contributed by atoms with van der Waals surface area (Å²) in [6.07, 6.45) is 0. The monoisotopic (exact) mass is 241 g/mol. The number of rotatable bonds is 5. The largest absolute Gasteiger partial charge is 0.395 e. The summed E-state index contributed by atoms with van der Waals surface area (Å²) in [4.78, 5) is 13.0. The number of nitrogens with one attached hydrogen (secondary N) is 1. The number of nitrogen functional groups attached to an aromatic ring is 1. The first kappa shape index (κ1) is 13.6. The lowest BCUT2D eigenvalue weighted by atomic mass is 10.1. The van der Waals surface area contributed by atoms with E-state index in [1.807, 2.05) is 5.43 Å². The summed E-state index contributed by atoms with van der Waals surface area (Å²) in [5.41, 5.74) is 2.69. The second-order valence-corrected chi connectivity index (χ2v) is 3.74. The summed E-state index contributed by atoms with van der Waals surface area (Å²) < 4.78 is 13.5. The molecule has 1 amide bonds. The third-order valence-corrected chi connectivity index (χ3v) is 2.36. The zero-order valence-corrected chi connectivity index (χ0v) is 9.61. The first-order valence-corrected chi connectivity index (χ1v) is 5.17. The van der Waals surface area contributed by atoms with Crippen molar-refractivity contribution < 1.29 is 14.3 Å². The molecule has 17 heavy (non-hydrogen) atoms. The predicted octanol–water partition coefficient (Wildman–Crippen LogP) is -0.147. The molecule has 0 heterocycles. The van der Waals surface area contributed by atoms with Gasteiger partial charge in [-0.3, -0.25) is 15.1 Å². The van der Waals surface area contributed by atoms with Gasteiger partial charge in [-0.15, -0.1) is 0 Å². The molecule has 1 aromatic rings. The van der Waals surface area contributed by atoms with Gasteiger partial charge in [0, 0.05) is 24.2 Å². The Bertz CT molecular complexity index is 398. The molecule has 5 nitrogen and oxygen atoms in total. The highest BCUT2D eigenvalue weighted by Gasteiger charge is 2.10. The molecule has 0 unspecified atom stereocenters. The molecule has 0 aliphatic heterocycles. The van der Waals surface area contributed by atoms with E-state index in [-0.39, 0.29) is 12.4 Å². The highest BCUT2D eigenvalue weighted by Crippen LogP contribution is 2.12. The molecule has 0 fully saturated rings. The number of hydrogen-bond donors (Lipinski definition) is 3. The summed E-state index contributed by atoms with van der Waals surface area (Å²) in [5.74, 6) is 4.16. The first-order chi connectivity index (χ1) is 8.08. The molecule has 0 aliphatic carbocycles. The van der Waals surface area contributed by atoms with Gasteiger partial charge >= 0.3 is 0 Å². The summed E-state index contributed by atoms with van der Waals surface area (Å²) in [5, 5.41) is 8.75. The van der Waals surface area contributed by atoms with E-state index in [0.717, 1.165) is 0 Å². The number of hydrogen-bond acceptors (Lipinski definition) is 4. The number of halogens is 1. The number of carbonyl (C=O) groups is 1. The van der Waals surface area contributed by atoms with E-state index < -0.39 is 5.91 Å². The Morgan fingerprint density at radius 1 is 1.59 bits per heavy atom. The Labute approximate surface area is 99.0 Å². The number of hydrazine groups is 1. The van der Waals surface area contributed by atoms with Crippen LogP contribution in [0.15, 0.2) is 18.2 Å². The van der Waals surface area contributed by atoms with Crippen molar-refractivity contribution in [3.63, 3.8) is 0 Å². The van der Waals surface area contributed by atoms with Gasteiger partial charge < -0.3 is 5.11 Å². The van der Waals surface area contributed by atoms with Crippen molar-refractivity contribution in [1.29, 1.82) is 0 Å². The molecule has 0 aliphatic rings. The maximum Gasteiger partial charge on any atom is 0.265 e. The zero-order valence-electron chi connectivity index (χ0n) is 9.61. The number of nitrogens with two attached hydrogens (primary N) is 1. The van der Waals surface area contributed by atoms with E-state index in [1.165, 1.54) is 18.2 Å². The lowest BCUT2D eigenvalue weighted by molar-refractivity contribution is 0.0953. The van der Waals surface area contributed by atoms with Crippen LogP contribution in [-0.4, -0.2) is 36.1 Å². The number of aliphatic hydroxyl groups is 1. The van der Waals surface area contributed by atoms with Gasteiger partial charge in [-0.2, -0.15) is 0 Å². The second kappa shape index (κ2) is 6.29. The van der Waals surface area contributed by atoms with Crippen molar-refractivity contribution in [2.24, 2.45) is 5.84 Å². The Kier molecular flexibility index (Phi) is 5.02. The number of aliphatic hydroxyl groups excluding tert-OH is 1. The molecule has 0 atom stereocenters. The summed E-state index contributed by atoms with van der Waals surface area (Å²) in [6.45, 7) is 0.756. The smallest absolute Gasteiger partial charge is 0.265 e. The molecule has 1 aromatic carbocycles. The molecule has 94 valence electrons. The van der Waals surface area contributed by atoms with Crippen LogP contribution >= 0.6 is 0 Å². The number of carbonyl (C=O) groups excluding carboxylic acids is 1. The van der Waals surface area contributed by atoms with Gasteiger partial charge in [-0.25, -0.2) is 10.2 Å². The molecule has 0 radical (unpaired) electrons. The van der Waals surface area contributed by atoms with Crippen LogP contribution in [0.3, 0.4) is 0 Å². The Hall–Kier alpha value is -1.50. The fourth-order valence-electron chi connectivity index (χ4n) is 1.46. The van der Waals surface area contributed by atoms with Crippen molar-refractivity contribution in [3.8, 4) is 0 Å². The molecule has 0 bridgehead atoms. The minimum Gasteiger partial charge on any atom is -0.395 e. The standard InChI is InChI=1S/C11H16FN3O2/c1-15(4-5-16)7-9-6-8(11(17)14-13)2-3-10(9)12/h2-3,6,16H,4-5,7,13H2,1H3,(H,14,17). The highest BCUT2D eigenvalue weighted by atomic mass is 19.1. The van der Waals surface area contributed by atoms with Crippen molar-refractivity contribution in [3.05, 3.63) is 35.1 Å². The topological polar surface area (TPSA) is 78.6 Å². The Morgan fingerprint density at radius 3 is 2.88 bits per heavy atom. The molecular formula is C11H16FN3O2. The SMILES string of the molecule is CN(CCO)Cc1cc(C(=O)NN)ccc1F. The first-order valence-electron chi connectivity index (χ1n) is 5.17. The van der Waals surface area contributed by atoms with Crippen LogP contribution in [-0.2, 0) is 6.54 Å². The predicted molar refractivity (Wildman–Crippen MR) is 61.5 cm³/mol. The van der Waals surface area contributed by atoms with Gasteiger partial charge in [0.25, 0.3) is 5.91 Å². The summed E-state index contributed by atoms with van der Waals surface area (Å²) in [6, 6.07) is 4.05. The van der Waals surface area contributed by atoms with E-state index in [4.69, 9.17) is 10.9 Å². The molecule has 0 saturated heterocycles. The van der Waals surface area contributed by atoms with Gasteiger partial charge in [0.2, 0.25) is 0 Å². The molecule has 0 saturated carbocycles. The van der Waals surface area contributed by atoms with Crippen LogP contribution in [0.1, 0.15) is 15.9 Å². The van der Waals surface area contributed by atoms with E-state index in [2.05, 4.69) is 0 Å². The van der Waals surface area contributed by atoms with Crippen LogP contribution in [0.2, 0.25) is 0 Å². The number of benzene rings is 1. The maximum atomic E-state index is 13.5. The quantitative estimate of drug-likeness (QED) is 0.381. The van der Waals surface area contributed by atoms with Crippen molar-refractivity contribution >= 4 is 5.91 Å². The number of nitrogens with zero attached hydrogens (tertiary/aromatic N) is 1. The van der Waals surface area contributed by atoms with Gasteiger partial charge in [0.1, 0.15) is 5.82 Å². The van der Waals surface area contributed by atoms with Crippen LogP contribution in [0, 0.1) is 5.82 Å². The second-order valence-electron chi connectivity index (χ2n) is 3.74. The molecule has 0 spiro atoms. The van der Waals surface area contributed by atoms with Crippen LogP contribution in [0.25, 0.3) is 0 Å². The third-order valence-electron chi connectivity index (χ3n) is 2.36. The van der Waals surface area contributed by atoms with Crippen LogP contribution in [0.5, 0.6) is 0 Å². The fraction of sp³-hybridized carbons (Fsp3) is 0.364. The normalized spacial score (nSPS) is 10.6. The highest BCUT2D eigenvalue weighted by molar-refractivity contribution is 5.93. The van der Waals surface area contributed by atoms with Crippen LogP contribution < -0.4 is 11.3 Å². The van der Waals surface area contributed by atoms with Gasteiger partial charge in [0.05, 0.1) is 6.61 Å². The van der Waals surface area contributed by atoms with Crippen molar-refractivity contribution in [2.45, 2.75) is 6.54 Å². The molecular weight excluding hydrogens is 225 g/mol. The van der Waals surface area contributed by atoms with E-state index >= 15 is 0 Å². The average molecular weight is 241 g/mol. The zero-order chi connectivity index (χ0) is 12.8. The van der Waals surface area contributed by atoms with Gasteiger partial charge in [0.15, 0.2) is 0 Å². The lowest BCUT2D eigenvalue weighted by Gasteiger charge is -2.16. The summed E-state index contributed by atoms with van der Waals surface area (Å²) >= 11 is 0.